The Bertz CT molecular complexity index is 937. The van der Waals surface area contributed by atoms with Gasteiger partial charge in [0, 0.05) is 18.4 Å². The lowest BCUT2D eigenvalue weighted by atomic mass is 10.2. The van der Waals surface area contributed by atoms with Gasteiger partial charge in [0.1, 0.15) is 12.4 Å². The first-order valence-electron chi connectivity index (χ1n) is 8.75. The maximum Gasteiger partial charge on any atom is 0.336 e. The van der Waals surface area contributed by atoms with Crippen molar-refractivity contribution in [3.63, 3.8) is 0 Å². The molecular formula is C20H21FN4O3. The Labute approximate surface area is 162 Å². The van der Waals surface area contributed by atoms with Crippen molar-refractivity contribution < 1.29 is 18.7 Å². The van der Waals surface area contributed by atoms with Crippen molar-refractivity contribution in [2.75, 3.05) is 19.0 Å². The minimum Gasteiger partial charge on any atom is -0.460 e. The van der Waals surface area contributed by atoms with Crippen LogP contribution in [-0.4, -0.2) is 40.5 Å². The molecule has 0 saturated carbocycles. The highest BCUT2D eigenvalue weighted by Crippen LogP contribution is 2.25. The molecule has 0 bridgehead atoms. The van der Waals surface area contributed by atoms with E-state index < -0.39 is 0 Å². The Morgan fingerprint density at radius 2 is 1.82 bits per heavy atom. The monoisotopic (exact) mass is 384 g/mol. The number of halogens is 1. The van der Waals surface area contributed by atoms with Crippen molar-refractivity contribution in [2.45, 2.75) is 20.0 Å². The summed E-state index contributed by atoms with van der Waals surface area (Å²) in [5.74, 6) is -0.0490. The minimum absolute atomic E-state index is 0.0184. The van der Waals surface area contributed by atoms with Crippen LogP contribution in [0.3, 0.4) is 0 Å². The van der Waals surface area contributed by atoms with Gasteiger partial charge in [-0.15, -0.1) is 5.10 Å². The van der Waals surface area contributed by atoms with Gasteiger partial charge >= 0.3 is 6.01 Å². The summed E-state index contributed by atoms with van der Waals surface area (Å²) < 4.78 is 25.3. The molecule has 0 aliphatic carbocycles. The third-order valence-corrected chi connectivity index (χ3v) is 3.70. The van der Waals surface area contributed by atoms with Gasteiger partial charge in [-0.25, -0.2) is 9.07 Å². The van der Waals surface area contributed by atoms with Crippen molar-refractivity contribution in [1.29, 1.82) is 0 Å². The predicted octanol–water partition coefficient (Wildman–Crippen LogP) is 3.45. The number of rotatable bonds is 7. The van der Waals surface area contributed by atoms with E-state index in [-0.39, 0.29) is 30.4 Å². The molecule has 0 aliphatic heterocycles. The van der Waals surface area contributed by atoms with Gasteiger partial charge in [0.2, 0.25) is 5.91 Å². The number of hydrogen-bond acceptors (Lipinski definition) is 5. The second-order valence-corrected chi connectivity index (χ2v) is 6.33. The van der Waals surface area contributed by atoms with E-state index in [1.807, 2.05) is 13.8 Å². The fraction of sp³-hybridized carbons (Fsp3) is 0.250. The van der Waals surface area contributed by atoms with Crippen LogP contribution in [-0.2, 0) is 9.53 Å². The lowest BCUT2D eigenvalue weighted by Crippen LogP contribution is -2.17. The third-order valence-electron chi connectivity index (χ3n) is 3.70. The van der Waals surface area contributed by atoms with E-state index in [4.69, 9.17) is 9.47 Å². The second-order valence-electron chi connectivity index (χ2n) is 6.33. The summed E-state index contributed by atoms with van der Waals surface area (Å²) in [6.45, 7) is 3.75. The van der Waals surface area contributed by atoms with Crippen LogP contribution in [0.15, 0.2) is 48.5 Å². The van der Waals surface area contributed by atoms with Crippen LogP contribution in [0.25, 0.3) is 17.1 Å². The number of carbonyl (C=O) groups excluding carboxylic acids is 1. The van der Waals surface area contributed by atoms with Crippen LogP contribution < -0.4 is 10.1 Å². The molecule has 1 aromatic heterocycles. The second kappa shape index (κ2) is 8.62. The Balaban J connectivity index is 1.94. The first-order valence-corrected chi connectivity index (χ1v) is 8.75. The van der Waals surface area contributed by atoms with E-state index in [1.165, 1.54) is 19.2 Å². The summed E-state index contributed by atoms with van der Waals surface area (Å²) in [5, 5.41) is 7.15. The quantitative estimate of drug-likeness (QED) is 0.675. The molecule has 3 rings (SSSR count). The first kappa shape index (κ1) is 19.5. The van der Waals surface area contributed by atoms with E-state index in [2.05, 4.69) is 15.4 Å². The molecular weight excluding hydrogens is 363 g/mol. The van der Waals surface area contributed by atoms with Gasteiger partial charge in [-0.3, -0.25) is 4.79 Å². The van der Waals surface area contributed by atoms with Crippen molar-refractivity contribution in [3.8, 4) is 23.1 Å². The molecule has 3 aromatic rings. The van der Waals surface area contributed by atoms with Gasteiger partial charge in [0.25, 0.3) is 0 Å². The summed E-state index contributed by atoms with van der Waals surface area (Å²) in [5.41, 5.74) is 2.05. The number of amides is 1. The van der Waals surface area contributed by atoms with Crippen LogP contribution >= 0.6 is 0 Å². The van der Waals surface area contributed by atoms with Gasteiger partial charge in [0.05, 0.1) is 11.8 Å². The third kappa shape index (κ3) is 4.72. The average Bonchev–Trinajstić information content (AvgIpc) is 3.06. The molecule has 0 atom stereocenters. The van der Waals surface area contributed by atoms with Crippen LogP contribution in [0.4, 0.5) is 10.1 Å². The van der Waals surface area contributed by atoms with E-state index in [9.17, 15) is 9.18 Å². The molecule has 146 valence electrons. The van der Waals surface area contributed by atoms with Gasteiger partial charge in [-0.1, -0.05) is 0 Å². The van der Waals surface area contributed by atoms with Crippen molar-refractivity contribution >= 4 is 11.6 Å². The molecule has 1 heterocycles. The highest BCUT2D eigenvalue weighted by Gasteiger charge is 2.16. The highest BCUT2D eigenvalue weighted by atomic mass is 19.1. The number of ether oxygens (including phenoxy) is 2. The Hall–Kier alpha value is -3.26. The number of methoxy groups -OCH3 is 1. The summed E-state index contributed by atoms with van der Waals surface area (Å²) in [6.07, 6.45) is -0.0877. The van der Waals surface area contributed by atoms with Gasteiger partial charge in [-0.05, 0) is 62.4 Å². The normalized spacial score (nSPS) is 10.9. The molecule has 0 radical (unpaired) electrons. The lowest BCUT2D eigenvalue weighted by molar-refractivity contribution is -0.119. The van der Waals surface area contributed by atoms with Crippen molar-refractivity contribution in [1.82, 2.24) is 14.8 Å². The van der Waals surface area contributed by atoms with E-state index in [0.717, 1.165) is 5.69 Å². The molecule has 7 nitrogen and oxygen atoms in total. The number of aromatic nitrogens is 3. The maximum absolute atomic E-state index is 13.3. The standard InChI is InChI=1S/C20H21FN4O3/c1-13(2)28-20-23-19(14-4-6-15(21)7-5-14)25(24-20)17-10-8-16(9-11-17)22-18(26)12-27-3/h4-11,13H,12H2,1-3H3,(H,22,26). The van der Waals surface area contributed by atoms with E-state index in [1.54, 1.807) is 41.1 Å². The Kier molecular flexibility index (Phi) is 6.00. The van der Waals surface area contributed by atoms with Crippen molar-refractivity contribution in [2.24, 2.45) is 0 Å². The fourth-order valence-electron chi connectivity index (χ4n) is 2.53. The summed E-state index contributed by atoms with van der Waals surface area (Å²) in [6, 6.07) is 13.3. The molecule has 2 aromatic carbocycles. The van der Waals surface area contributed by atoms with Crippen LogP contribution in [0.1, 0.15) is 13.8 Å². The summed E-state index contributed by atoms with van der Waals surface area (Å²) >= 11 is 0. The number of benzene rings is 2. The molecule has 1 amide bonds. The number of hydrogen-bond donors (Lipinski definition) is 1. The zero-order valence-corrected chi connectivity index (χ0v) is 15.8. The Morgan fingerprint density at radius 3 is 2.43 bits per heavy atom. The first-order chi connectivity index (χ1) is 13.5. The summed E-state index contributed by atoms with van der Waals surface area (Å²) in [7, 11) is 1.46. The lowest BCUT2D eigenvalue weighted by Gasteiger charge is -2.08. The van der Waals surface area contributed by atoms with Gasteiger partial charge in [-0.2, -0.15) is 4.98 Å². The van der Waals surface area contributed by atoms with Crippen LogP contribution in [0.5, 0.6) is 6.01 Å². The zero-order chi connectivity index (χ0) is 20.1. The molecule has 0 unspecified atom stereocenters. The molecule has 0 spiro atoms. The molecule has 0 fully saturated rings. The summed E-state index contributed by atoms with van der Waals surface area (Å²) in [4.78, 5) is 16.1. The van der Waals surface area contributed by atoms with Crippen LogP contribution in [0, 0.1) is 5.82 Å². The largest absolute Gasteiger partial charge is 0.460 e. The number of carbonyl (C=O) groups is 1. The number of anilines is 1. The number of nitrogens with zero attached hydrogens (tertiary/aromatic N) is 3. The van der Waals surface area contributed by atoms with Gasteiger partial charge < -0.3 is 14.8 Å². The SMILES string of the molecule is COCC(=O)Nc1ccc(-n2nc(OC(C)C)nc2-c2ccc(F)cc2)cc1. The highest BCUT2D eigenvalue weighted by molar-refractivity contribution is 5.91. The van der Waals surface area contributed by atoms with E-state index >= 15 is 0 Å². The smallest absolute Gasteiger partial charge is 0.336 e. The van der Waals surface area contributed by atoms with Gasteiger partial charge in [0.15, 0.2) is 5.82 Å². The Morgan fingerprint density at radius 1 is 1.14 bits per heavy atom. The van der Waals surface area contributed by atoms with E-state index in [0.29, 0.717) is 17.1 Å². The molecule has 28 heavy (non-hydrogen) atoms. The maximum atomic E-state index is 13.3. The zero-order valence-electron chi connectivity index (χ0n) is 15.8. The molecule has 1 N–H and O–H groups in total. The predicted molar refractivity (Wildman–Crippen MR) is 103 cm³/mol. The van der Waals surface area contributed by atoms with Crippen molar-refractivity contribution in [3.05, 3.63) is 54.3 Å². The van der Waals surface area contributed by atoms with Crippen LogP contribution in [0.2, 0.25) is 0 Å². The molecule has 8 heteroatoms. The minimum atomic E-state index is -0.329. The molecule has 0 saturated heterocycles. The fourth-order valence-corrected chi connectivity index (χ4v) is 2.53. The molecule has 0 aliphatic rings. The average molecular weight is 384 g/mol. The topological polar surface area (TPSA) is 78.3 Å². The number of nitrogens with one attached hydrogen (secondary N) is 1.